The normalized spacial score (nSPS) is 24.6. The molecule has 2 unspecified atom stereocenters. The number of hydrogen-bond donors (Lipinski definition) is 2. The van der Waals surface area contributed by atoms with Crippen molar-refractivity contribution in [3.05, 3.63) is 71.3 Å². The van der Waals surface area contributed by atoms with Crippen molar-refractivity contribution < 1.29 is 5.11 Å². The van der Waals surface area contributed by atoms with Crippen LogP contribution in [-0.4, -0.2) is 11.7 Å². The van der Waals surface area contributed by atoms with Crippen LogP contribution in [0.5, 0.6) is 0 Å². The van der Waals surface area contributed by atoms with Crippen LogP contribution in [0.3, 0.4) is 0 Å². The molecule has 0 amide bonds. The standard InChI is InChI=1S/C18H21NO/c1-18(20)13-17(15-9-5-6-10-16(15)18)19-12-11-14-7-3-2-4-8-14/h2-10,17,19-20H,11-13H2,1H3. The molecular weight excluding hydrogens is 246 g/mol. The summed E-state index contributed by atoms with van der Waals surface area (Å²) in [4.78, 5) is 0. The third-order valence-electron chi connectivity index (χ3n) is 4.17. The maximum absolute atomic E-state index is 10.5. The first kappa shape index (κ1) is 13.3. The fourth-order valence-electron chi connectivity index (χ4n) is 3.13. The second-order valence-electron chi connectivity index (χ2n) is 5.81. The van der Waals surface area contributed by atoms with Crippen LogP contribution >= 0.6 is 0 Å². The van der Waals surface area contributed by atoms with Crippen molar-refractivity contribution in [3.63, 3.8) is 0 Å². The number of aliphatic hydroxyl groups is 1. The summed E-state index contributed by atoms with van der Waals surface area (Å²) in [6.45, 7) is 2.84. The molecule has 2 aromatic carbocycles. The summed E-state index contributed by atoms with van der Waals surface area (Å²) in [5.74, 6) is 0. The molecule has 104 valence electrons. The predicted molar refractivity (Wildman–Crippen MR) is 81.5 cm³/mol. The zero-order valence-corrected chi connectivity index (χ0v) is 11.8. The molecule has 2 nitrogen and oxygen atoms in total. The van der Waals surface area contributed by atoms with Crippen LogP contribution in [0.25, 0.3) is 0 Å². The molecule has 0 spiro atoms. The van der Waals surface area contributed by atoms with Crippen LogP contribution in [-0.2, 0) is 12.0 Å². The third kappa shape index (κ3) is 2.62. The predicted octanol–water partition coefficient (Wildman–Crippen LogP) is 3.17. The zero-order chi connectivity index (χ0) is 14.0. The summed E-state index contributed by atoms with van der Waals surface area (Å²) in [7, 11) is 0. The highest BCUT2D eigenvalue weighted by Gasteiger charge is 2.37. The third-order valence-corrected chi connectivity index (χ3v) is 4.17. The minimum Gasteiger partial charge on any atom is -0.385 e. The van der Waals surface area contributed by atoms with Gasteiger partial charge in [0.1, 0.15) is 0 Å². The lowest BCUT2D eigenvalue weighted by molar-refractivity contribution is 0.0515. The molecule has 0 fully saturated rings. The summed E-state index contributed by atoms with van der Waals surface area (Å²) in [5, 5.41) is 14.1. The van der Waals surface area contributed by atoms with Gasteiger partial charge in [0, 0.05) is 6.04 Å². The molecule has 3 rings (SSSR count). The molecule has 0 aliphatic heterocycles. The highest BCUT2D eigenvalue weighted by molar-refractivity contribution is 5.39. The van der Waals surface area contributed by atoms with Gasteiger partial charge < -0.3 is 10.4 Å². The smallest absolute Gasteiger partial charge is 0.0889 e. The lowest BCUT2D eigenvalue weighted by Gasteiger charge is -2.18. The Morgan fingerprint density at radius 1 is 1.10 bits per heavy atom. The average Bonchev–Trinajstić information content (AvgIpc) is 2.72. The molecule has 2 heteroatoms. The molecule has 1 aliphatic carbocycles. The van der Waals surface area contributed by atoms with Crippen molar-refractivity contribution in [2.24, 2.45) is 0 Å². The lowest BCUT2D eigenvalue weighted by atomic mass is 9.99. The second-order valence-corrected chi connectivity index (χ2v) is 5.81. The van der Waals surface area contributed by atoms with E-state index in [0.29, 0.717) is 0 Å². The quantitative estimate of drug-likeness (QED) is 0.892. The fourth-order valence-corrected chi connectivity index (χ4v) is 3.13. The fraction of sp³-hybridized carbons (Fsp3) is 0.333. The summed E-state index contributed by atoms with van der Waals surface area (Å²) in [6.07, 6.45) is 1.77. The monoisotopic (exact) mass is 267 g/mol. The van der Waals surface area contributed by atoms with E-state index < -0.39 is 5.60 Å². The minimum atomic E-state index is -0.707. The van der Waals surface area contributed by atoms with E-state index in [1.54, 1.807) is 0 Å². The van der Waals surface area contributed by atoms with E-state index in [1.165, 1.54) is 11.1 Å². The van der Waals surface area contributed by atoms with Gasteiger partial charge in [0.2, 0.25) is 0 Å². The molecule has 0 saturated carbocycles. The Labute approximate surface area is 120 Å². The molecule has 0 bridgehead atoms. The van der Waals surface area contributed by atoms with Crippen LogP contribution in [0, 0.1) is 0 Å². The van der Waals surface area contributed by atoms with Gasteiger partial charge in [0.25, 0.3) is 0 Å². The van der Waals surface area contributed by atoms with Gasteiger partial charge in [-0.2, -0.15) is 0 Å². The molecule has 2 N–H and O–H groups in total. The SMILES string of the molecule is CC1(O)CC(NCCc2ccccc2)c2ccccc21. The second kappa shape index (κ2) is 5.39. The number of benzene rings is 2. The van der Waals surface area contributed by atoms with Gasteiger partial charge in [-0.1, -0.05) is 54.6 Å². The maximum atomic E-state index is 10.5. The van der Waals surface area contributed by atoms with Crippen molar-refractivity contribution in [2.75, 3.05) is 6.54 Å². The van der Waals surface area contributed by atoms with Crippen LogP contribution in [0.2, 0.25) is 0 Å². The Kier molecular flexibility index (Phi) is 3.60. The molecule has 0 radical (unpaired) electrons. The summed E-state index contributed by atoms with van der Waals surface area (Å²) in [6, 6.07) is 19.0. The van der Waals surface area contributed by atoms with E-state index >= 15 is 0 Å². The van der Waals surface area contributed by atoms with Crippen molar-refractivity contribution in [1.82, 2.24) is 5.32 Å². The van der Waals surface area contributed by atoms with Gasteiger partial charge >= 0.3 is 0 Å². The molecule has 0 saturated heterocycles. The van der Waals surface area contributed by atoms with E-state index in [0.717, 1.165) is 24.9 Å². The zero-order valence-electron chi connectivity index (χ0n) is 11.8. The Hall–Kier alpha value is -1.64. The first-order valence-electron chi connectivity index (χ1n) is 7.26. The molecule has 2 atom stereocenters. The summed E-state index contributed by atoms with van der Waals surface area (Å²) < 4.78 is 0. The number of fused-ring (bicyclic) bond motifs is 1. The van der Waals surface area contributed by atoms with E-state index in [2.05, 4.69) is 35.6 Å². The topological polar surface area (TPSA) is 32.3 Å². The Morgan fingerprint density at radius 2 is 1.80 bits per heavy atom. The Morgan fingerprint density at radius 3 is 2.60 bits per heavy atom. The van der Waals surface area contributed by atoms with Crippen LogP contribution < -0.4 is 5.32 Å². The van der Waals surface area contributed by atoms with Crippen LogP contribution in [0.4, 0.5) is 0 Å². The Balaban J connectivity index is 1.65. The first-order chi connectivity index (χ1) is 9.67. The Bertz CT molecular complexity index is 577. The van der Waals surface area contributed by atoms with Crippen LogP contribution in [0.15, 0.2) is 54.6 Å². The highest BCUT2D eigenvalue weighted by atomic mass is 16.3. The average molecular weight is 267 g/mol. The van der Waals surface area contributed by atoms with Crippen LogP contribution in [0.1, 0.15) is 36.1 Å². The molecule has 20 heavy (non-hydrogen) atoms. The van der Waals surface area contributed by atoms with Crippen molar-refractivity contribution in [3.8, 4) is 0 Å². The minimum absolute atomic E-state index is 0.255. The van der Waals surface area contributed by atoms with E-state index in [9.17, 15) is 5.11 Å². The highest BCUT2D eigenvalue weighted by Crippen LogP contribution is 2.42. The molecular formula is C18H21NO. The number of rotatable bonds is 4. The van der Waals surface area contributed by atoms with Crippen molar-refractivity contribution >= 4 is 0 Å². The van der Waals surface area contributed by atoms with Gasteiger partial charge in [-0.25, -0.2) is 0 Å². The largest absolute Gasteiger partial charge is 0.385 e. The van der Waals surface area contributed by atoms with Crippen molar-refractivity contribution in [1.29, 1.82) is 0 Å². The van der Waals surface area contributed by atoms with E-state index in [4.69, 9.17) is 0 Å². The van der Waals surface area contributed by atoms with Gasteiger partial charge in [0.05, 0.1) is 5.60 Å². The number of hydrogen-bond acceptors (Lipinski definition) is 2. The lowest BCUT2D eigenvalue weighted by Crippen LogP contribution is -2.24. The van der Waals surface area contributed by atoms with E-state index in [-0.39, 0.29) is 6.04 Å². The van der Waals surface area contributed by atoms with Gasteiger partial charge in [-0.05, 0) is 43.0 Å². The maximum Gasteiger partial charge on any atom is 0.0889 e. The molecule has 0 heterocycles. The molecule has 0 aromatic heterocycles. The van der Waals surface area contributed by atoms with E-state index in [1.807, 2.05) is 31.2 Å². The first-order valence-corrected chi connectivity index (χ1v) is 7.26. The molecule has 1 aliphatic rings. The summed E-state index contributed by atoms with van der Waals surface area (Å²) in [5.41, 5.74) is 2.95. The van der Waals surface area contributed by atoms with Gasteiger partial charge in [0.15, 0.2) is 0 Å². The van der Waals surface area contributed by atoms with Gasteiger partial charge in [-0.3, -0.25) is 0 Å². The molecule has 2 aromatic rings. The van der Waals surface area contributed by atoms with Crippen molar-refractivity contribution in [2.45, 2.75) is 31.4 Å². The number of nitrogens with one attached hydrogen (secondary N) is 1. The summed E-state index contributed by atoms with van der Waals surface area (Å²) >= 11 is 0. The van der Waals surface area contributed by atoms with Gasteiger partial charge in [-0.15, -0.1) is 0 Å².